The van der Waals surface area contributed by atoms with Gasteiger partial charge in [0.25, 0.3) is 0 Å². The van der Waals surface area contributed by atoms with Crippen LogP contribution >= 0.6 is 21.6 Å². The van der Waals surface area contributed by atoms with Crippen molar-refractivity contribution in [2.75, 3.05) is 96.9 Å². The molecule has 15 amide bonds. The van der Waals surface area contributed by atoms with Crippen molar-refractivity contribution in [1.29, 1.82) is 5.41 Å². The number of nitrogens with two attached hydrogens (primary N) is 2. The highest BCUT2D eigenvalue weighted by Gasteiger charge is 2.42. The molecule has 25 N–H and O–H groups in total. The van der Waals surface area contributed by atoms with Gasteiger partial charge >= 0.3 is 23.9 Å². The summed E-state index contributed by atoms with van der Waals surface area (Å²) in [4.78, 5) is 272. The van der Waals surface area contributed by atoms with Gasteiger partial charge in [0.15, 0.2) is 5.96 Å². The van der Waals surface area contributed by atoms with Gasteiger partial charge < -0.3 is 131 Å². The first kappa shape index (κ1) is 122. The molecular weight excluding hydrogens is 1940 g/mol. The third kappa shape index (κ3) is 49.5. The summed E-state index contributed by atoms with van der Waals surface area (Å²) in [5, 5.41) is 94.0. The summed E-state index contributed by atoms with van der Waals surface area (Å²) in [6.45, 7) is -1.70. The Morgan fingerprint density at radius 3 is 1.73 bits per heavy atom. The SMILES string of the molecule is CC(=O)N[C@H]1CCSSCC[C@@H](C(=O)N[C@@H](CO)C(=O)N2CCC[C@H]2C(=O)N[C@@H](CC2=CCC=N2)C(=O)N[C@@H](CCC(=O)O)C(=O)N[C@@H](CCCCN(CC(=O)O)CC(=O)O)C(=O)N[C@@H](CCCCNC(=O)COCCOCCNC(=O)CCCCCCCCCCCCCCCCC(=O)O)C(N)=O)NC(=O)[C@H](Cc2c[nH]c3ccccc23)NC(=O)[C@H](CCCNC(=N)N)NC(=O)CNC(=O)[C@H](CC2=CCC=N2)NC1=O. The van der Waals surface area contributed by atoms with E-state index in [-0.39, 0.29) is 178 Å². The van der Waals surface area contributed by atoms with Gasteiger partial charge in [-0.3, -0.25) is 111 Å². The Labute approximate surface area is 855 Å². The summed E-state index contributed by atoms with van der Waals surface area (Å²) in [6, 6.07) is -9.88. The van der Waals surface area contributed by atoms with E-state index in [1.807, 2.05) is 0 Å². The Balaban J connectivity index is 1.11. The third-order valence-electron chi connectivity index (χ3n) is 24.3. The number of aliphatic carboxylic acids is 4. The largest absolute Gasteiger partial charge is 0.481 e. The van der Waals surface area contributed by atoms with Crippen molar-refractivity contribution >= 4 is 163 Å². The molecule has 2 fully saturated rings. The molecule has 810 valence electrons. The number of amides is 15. The summed E-state index contributed by atoms with van der Waals surface area (Å²) < 4.78 is 11.0. The average Bonchev–Trinajstić information content (AvgIpc) is 1.66. The lowest BCUT2D eigenvalue weighted by atomic mass is 10.0. The van der Waals surface area contributed by atoms with Crippen LogP contribution in [0, 0.1) is 5.41 Å². The van der Waals surface area contributed by atoms with Gasteiger partial charge in [0.2, 0.25) is 88.6 Å². The van der Waals surface area contributed by atoms with E-state index < -0.39 is 218 Å². The number of hydrogen-bond acceptors (Lipinski definition) is 28. The maximum absolute atomic E-state index is 15.2. The number of unbranched alkanes of at least 4 members (excludes halogenated alkanes) is 15. The number of hydrogen-bond donors (Lipinski definition) is 23. The minimum Gasteiger partial charge on any atom is -0.481 e. The topological polar surface area (TPSA) is 735 Å². The Morgan fingerprint density at radius 1 is 0.541 bits per heavy atom. The van der Waals surface area contributed by atoms with E-state index in [1.165, 1.54) is 73.3 Å². The highest BCUT2D eigenvalue weighted by molar-refractivity contribution is 8.76. The third-order valence-corrected chi connectivity index (χ3v) is 26.8. The van der Waals surface area contributed by atoms with E-state index in [0.717, 1.165) is 61.2 Å². The second-order valence-corrected chi connectivity index (χ2v) is 38.8. The number of guanidine groups is 1. The summed E-state index contributed by atoms with van der Waals surface area (Å²) in [5.41, 5.74) is 13.2. The molecule has 1 aromatic heterocycles. The monoisotopic (exact) mass is 2090 g/mol. The highest BCUT2D eigenvalue weighted by atomic mass is 33.1. The number of aromatic nitrogens is 1. The summed E-state index contributed by atoms with van der Waals surface area (Å²) in [6.07, 6.45) is 22.3. The van der Waals surface area contributed by atoms with Gasteiger partial charge in [0, 0.05) is 137 Å². The van der Waals surface area contributed by atoms with Crippen LogP contribution in [0.4, 0.5) is 0 Å². The number of ether oxygens (including phenoxy) is 2. The van der Waals surface area contributed by atoms with Gasteiger partial charge in [0.05, 0.1) is 46.1 Å². The summed E-state index contributed by atoms with van der Waals surface area (Å²) in [7, 11) is 2.38. The van der Waals surface area contributed by atoms with E-state index in [0.29, 0.717) is 48.0 Å². The van der Waals surface area contributed by atoms with E-state index in [4.69, 9.17) is 31.5 Å². The first-order valence-electron chi connectivity index (χ1n) is 50.1. The Kier molecular flexibility index (Phi) is 58.0. The van der Waals surface area contributed by atoms with Crippen molar-refractivity contribution < 1.29 is 126 Å². The molecule has 0 saturated carbocycles. The fourth-order valence-electron chi connectivity index (χ4n) is 16.6. The molecule has 50 heteroatoms. The van der Waals surface area contributed by atoms with Gasteiger partial charge in [0.1, 0.15) is 73.1 Å². The lowest BCUT2D eigenvalue weighted by molar-refractivity contribution is -0.143. The number of aliphatic hydroxyl groups is 1. The molecule has 0 spiro atoms. The maximum atomic E-state index is 15.2. The lowest BCUT2D eigenvalue weighted by Crippen LogP contribution is -2.61. The van der Waals surface area contributed by atoms with Gasteiger partial charge in [-0.2, -0.15) is 0 Å². The number of aromatic amines is 1. The van der Waals surface area contributed by atoms with Crippen LogP contribution in [0.25, 0.3) is 10.9 Å². The Morgan fingerprint density at radius 2 is 1.10 bits per heavy atom. The number of carboxylic acid groups (broad SMARTS) is 4. The number of carbonyl (C=O) groups is 19. The number of carboxylic acids is 4. The number of para-hydroxylation sites is 1. The van der Waals surface area contributed by atoms with Gasteiger partial charge in [-0.15, -0.1) is 0 Å². The quantitative estimate of drug-likeness (QED) is 0.0184. The number of aliphatic hydroxyl groups excluding tert-OH is 1. The molecular formula is C96H148N22O26S2. The Bertz CT molecular complexity index is 4770. The lowest BCUT2D eigenvalue weighted by Gasteiger charge is -2.30. The molecule has 2 saturated heterocycles. The molecule has 4 aliphatic heterocycles. The van der Waals surface area contributed by atoms with E-state index >= 15 is 9.59 Å². The van der Waals surface area contributed by atoms with Gasteiger partial charge in [-0.1, -0.05) is 129 Å². The van der Waals surface area contributed by atoms with E-state index in [9.17, 15) is 102 Å². The number of fused-ring (bicyclic) bond motifs is 1. The fraction of sp³-hybridized carbons (Fsp3) is 0.646. The standard InChI is InChI=1S/C96H148N22O26S2/c1-61(120)107-71-38-50-145-146-51-39-72(112-92(139)73(52-62-55-105-66-29-17-16-28-65(62)66)113-87(134)68(32-24-43-104-96(98)99)108-79(122)56-106-86(133)74(114-90(71)137)53-63-26-22-41-100-63)91(138)116-76(59-119)95(142)118-46-25-33-77(118)94(141)115-75(54-64-27-23-42-101-64)93(140)111-70(36-37-82(126)127)89(136)110-69(31-19-21-45-117(57-83(128)129)58-84(130)131)88(135)109-67(85(97)132)30-18-20-40-102-80(123)60-144-49-48-143-47-44-103-78(121)34-14-12-10-8-6-4-2-3-5-7-9-11-13-15-35-81(124)125/h16-17,26-29,41-42,55,67-77,105,119H,2-15,18-25,30-40,43-54,56-60H2,1H3,(H2,97,132)(H,102,123)(H,103,121)(H,106,133)(H,107,120)(H,108,122)(H,109,135)(H,110,136)(H,111,140)(H,112,139)(H,113,134)(H,114,137)(H,115,141)(H,116,138)(H,124,125)(H,126,127)(H,128,129)(H,130,131)(H4,98,99,104)/t67-,68-,69-,70-,71-,72-,73-,74-,75-,76-,77-/m0/s1. The smallest absolute Gasteiger partial charge is 0.317 e. The zero-order chi connectivity index (χ0) is 107. The van der Waals surface area contributed by atoms with Crippen molar-refractivity contribution in [3.8, 4) is 0 Å². The predicted molar refractivity (Wildman–Crippen MR) is 541 cm³/mol. The summed E-state index contributed by atoms with van der Waals surface area (Å²) >= 11 is 0. The number of carbonyl (C=O) groups excluding carboxylic acids is 15. The van der Waals surface area contributed by atoms with Crippen LogP contribution in [0.15, 0.2) is 64.0 Å². The average molecular weight is 2090 g/mol. The molecule has 0 unspecified atom stereocenters. The van der Waals surface area contributed by atoms with Crippen LogP contribution in [0.1, 0.15) is 231 Å². The normalized spacial score (nSPS) is 18.5. The summed E-state index contributed by atoms with van der Waals surface area (Å²) in [5.74, 6) is -17.8. The number of rotatable bonds is 66. The number of allylic oxidation sites excluding steroid dienone is 2. The molecule has 4 aliphatic rings. The number of nitrogens with one attached hydrogen (secondary N) is 16. The molecule has 0 radical (unpaired) electrons. The van der Waals surface area contributed by atoms with Crippen LogP contribution in [0.3, 0.4) is 0 Å². The van der Waals surface area contributed by atoms with E-state index in [2.05, 4.69) is 89.4 Å². The first-order valence-corrected chi connectivity index (χ1v) is 52.6. The van der Waals surface area contributed by atoms with Crippen molar-refractivity contribution in [2.45, 2.75) is 298 Å². The molecule has 1 aromatic carbocycles. The number of nitrogens with zero attached hydrogens (tertiary/aromatic N) is 4. The van der Waals surface area contributed by atoms with Crippen molar-refractivity contribution in [2.24, 2.45) is 21.5 Å². The van der Waals surface area contributed by atoms with Crippen LogP contribution in [0.2, 0.25) is 0 Å². The van der Waals surface area contributed by atoms with Crippen LogP contribution in [0.5, 0.6) is 0 Å². The molecule has 0 bridgehead atoms. The molecule has 6 rings (SSSR count). The zero-order valence-corrected chi connectivity index (χ0v) is 84.6. The van der Waals surface area contributed by atoms with Crippen molar-refractivity contribution in [3.63, 3.8) is 0 Å². The van der Waals surface area contributed by atoms with Crippen molar-refractivity contribution in [1.82, 2.24) is 89.2 Å². The van der Waals surface area contributed by atoms with Crippen LogP contribution < -0.4 is 85.9 Å². The molecule has 2 aromatic rings. The van der Waals surface area contributed by atoms with Gasteiger partial charge in [-0.05, 0) is 114 Å². The second kappa shape index (κ2) is 69.4. The second-order valence-electron chi connectivity index (χ2n) is 36.1. The molecule has 5 heterocycles. The van der Waals surface area contributed by atoms with Crippen LogP contribution in [-0.2, 0) is 107 Å². The number of benzene rings is 1. The molecule has 0 aliphatic carbocycles. The number of H-pyrrole nitrogens is 1. The number of primary amides is 1. The number of aliphatic imine (C=N–C) groups is 2. The minimum absolute atomic E-state index is 0.00313. The van der Waals surface area contributed by atoms with Crippen molar-refractivity contribution in [3.05, 3.63) is 59.6 Å². The predicted octanol–water partition coefficient (Wildman–Crippen LogP) is 0.367. The number of likely N-dealkylation sites (tertiary alicyclic amines) is 1. The Hall–Kier alpha value is -12.7. The maximum Gasteiger partial charge on any atom is 0.317 e. The zero-order valence-electron chi connectivity index (χ0n) is 83.0. The van der Waals surface area contributed by atoms with E-state index in [1.54, 1.807) is 48.8 Å². The fourth-order valence-corrected chi connectivity index (χ4v) is 18.8. The molecule has 11 atom stereocenters. The molecule has 146 heavy (non-hydrogen) atoms. The van der Waals surface area contributed by atoms with Crippen LogP contribution in [-0.4, -0.2) is 335 Å². The molecule has 48 nitrogen and oxygen atoms in total. The highest BCUT2D eigenvalue weighted by Crippen LogP contribution is 2.27. The van der Waals surface area contributed by atoms with Gasteiger partial charge in [-0.25, -0.2) is 0 Å². The minimum atomic E-state index is -1.85. The first-order chi connectivity index (χ1) is 70.1.